The lowest BCUT2D eigenvalue weighted by Gasteiger charge is -2.44. The molecule has 0 saturated carbocycles. The molecular formula is C15H20N4O7. The van der Waals surface area contributed by atoms with Crippen LogP contribution in [0.25, 0.3) is 0 Å². The summed E-state index contributed by atoms with van der Waals surface area (Å²) in [5.74, 6) is -0.805. The molecule has 3 heterocycles. The third-order valence-electron chi connectivity index (χ3n) is 4.13. The van der Waals surface area contributed by atoms with Crippen molar-refractivity contribution < 1.29 is 28.5 Å². The van der Waals surface area contributed by atoms with Crippen molar-refractivity contribution >= 4 is 23.4 Å². The first-order valence-corrected chi connectivity index (χ1v) is 7.96. The van der Waals surface area contributed by atoms with Gasteiger partial charge in [-0.05, 0) is 0 Å². The minimum atomic E-state index is -0.845. The average Bonchev–Trinajstić information content (AvgIpc) is 2.58. The van der Waals surface area contributed by atoms with E-state index in [2.05, 4.69) is 15.6 Å². The zero-order valence-corrected chi connectivity index (χ0v) is 14.8. The predicted octanol–water partition coefficient (Wildman–Crippen LogP) is -0.785. The Hall–Kier alpha value is -2.82. The van der Waals surface area contributed by atoms with Crippen molar-refractivity contribution in [1.82, 2.24) is 9.55 Å². The number of ether oxygens (including phenoxy) is 4. The van der Waals surface area contributed by atoms with Crippen molar-refractivity contribution in [2.75, 3.05) is 24.4 Å². The zero-order valence-electron chi connectivity index (χ0n) is 14.8. The second-order valence-corrected chi connectivity index (χ2v) is 5.98. The summed E-state index contributed by atoms with van der Waals surface area (Å²) in [6.07, 6.45) is -2.30. The predicted molar refractivity (Wildman–Crippen MR) is 87.9 cm³/mol. The smallest absolute Gasteiger partial charge is 0.303 e. The van der Waals surface area contributed by atoms with Crippen LogP contribution in [0, 0.1) is 0 Å². The molecule has 2 aliphatic rings. The molecule has 2 aliphatic heterocycles. The van der Waals surface area contributed by atoms with Gasteiger partial charge in [-0.3, -0.25) is 19.0 Å². The van der Waals surface area contributed by atoms with Crippen LogP contribution in [0.3, 0.4) is 0 Å². The van der Waals surface area contributed by atoms with E-state index >= 15 is 0 Å². The van der Waals surface area contributed by atoms with Gasteiger partial charge >= 0.3 is 17.9 Å². The highest BCUT2D eigenvalue weighted by molar-refractivity contribution is 5.69. The largest absolute Gasteiger partial charge is 0.468 e. The van der Waals surface area contributed by atoms with Gasteiger partial charge in [0.2, 0.25) is 0 Å². The minimum Gasteiger partial charge on any atom is -0.468 e. The van der Waals surface area contributed by atoms with Gasteiger partial charge in [0.25, 0.3) is 5.56 Å². The second kappa shape index (κ2) is 6.83. The summed E-state index contributed by atoms with van der Waals surface area (Å²) < 4.78 is 22.5. The van der Waals surface area contributed by atoms with Crippen LogP contribution in [0.15, 0.2) is 4.79 Å². The first kappa shape index (κ1) is 18.0. The van der Waals surface area contributed by atoms with E-state index in [1.807, 2.05) is 0 Å². The van der Waals surface area contributed by atoms with Crippen LogP contribution in [0.2, 0.25) is 0 Å². The Morgan fingerprint density at radius 3 is 2.54 bits per heavy atom. The summed E-state index contributed by atoms with van der Waals surface area (Å²) in [4.78, 5) is 39.7. The van der Waals surface area contributed by atoms with Crippen LogP contribution < -0.4 is 20.9 Å². The van der Waals surface area contributed by atoms with E-state index in [9.17, 15) is 14.4 Å². The Labute approximate surface area is 148 Å². The Kier molecular flexibility index (Phi) is 4.72. The van der Waals surface area contributed by atoms with Gasteiger partial charge < -0.3 is 29.6 Å². The number of rotatable bonds is 3. The zero-order chi connectivity index (χ0) is 19.0. The number of methoxy groups -OCH3 is 1. The third-order valence-corrected chi connectivity index (χ3v) is 4.13. The maximum Gasteiger partial charge on any atom is 0.303 e. The topological polar surface area (TPSA) is 130 Å². The molecule has 0 bridgehead atoms. The quantitative estimate of drug-likeness (QED) is 0.655. The molecule has 2 N–H and O–H groups in total. The Morgan fingerprint density at radius 1 is 1.23 bits per heavy atom. The van der Waals surface area contributed by atoms with Crippen molar-refractivity contribution in [3.05, 3.63) is 10.4 Å². The molecule has 4 atom stereocenters. The number of nitrogens with zero attached hydrogens (tertiary/aromatic N) is 2. The van der Waals surface area contributed by atoms with E-state index in [4.69, 9.17) is 18.9 Å². The lowest BCUT2D eigenvalue weighted by atomic mass is 9.98. The Morgan fingerprint density at radius 2 is 1.92 bits per heavy atom. The van der Waals surface area contributed by atoms with Crippen molar-refractivity contribution in [1.29, 1.82) is 0 Å². The molecule has 0 amide bonds. The number of hydrogen-bond acceptors (Lipinski definition) is 10. The van der Waals surface area contributed by atoms with Crippen LogP contribution in [0.5, 0.6) is 6.01 Å². The van der Waals surface area contributed by atoms with E-state index in [0.717, 1.165) is 0 Å². The van der Waals surface area contributed by atoms with Crippen molar-refractivity contribution in [3.8, 4) is 6.01 Å². The van der Waals surface area contributed by atoms with Crippen molar-refractivity contribution in [2.24, 2.45) is 7.05 Å². The molecule has 1 aromatic rings. The van der Waals surface area contributed by atoms with Gasteiger partial charge in [-0.1, -0.05) is 0 Å². The number of hydrogen-bond donors (Lipinski definition) is 2. The first-order valence-electron chi connectivity index (χ1n) is 7.96. The standard InChI is InChI=1S/C15H20N4O7/c1-6(20)25-8-5-24-13-9(11(8)26-7(2)21)16-10-12(17-13)18-15(23-4)19(3)14(10)22/h8-9,11,13,16-17H,5H2,1-4H3/t8-,9-,11+,13+/m0/s1. The van der Waals surface area contributed by atoms with Crippen LogP contribution in [0.1, 0.15) is 13.8 Å². The molecule has 11 nitrogen and oxygen atoms in total. The van der Waals surface area contributed by atoms with Crippen molar-refractivity contribution in [2.45, 2.75) is 38.3 Å². The summed E-state index contributed by atoms with van der Waals surface area (Å²) in [6, 6.07) is -0.529. The van der Waals surface area contributed by atoms with Gasteiger partial charge in [0.15, 0.2) is 24.3 Å². The molecule has 1 fully saturated rings. The normalized spacial score (nSPS) is 26.5. The summed E-state index contributed by atoms with van der Waals surface area (Å²) >= 11 is 0. The Balaban J connectivity index is 1.97. The van der Waals surface area contributed by atoms with E-state index in [-0.39, 0.29) is 29.7 Å². The first-order chi connectivity index (χ1) is 12.3. The summed E-state index contributed by atoms with van der Waals surface area (Å²) in [7, 11) is 2.93. The molecule has 142 valence electrons. The molecule has 0 spiro atoms. The van der Waals surface area contributed by atoms with Gasteiger partial charge in [0.1, 0.15) is 11.7 Å². The molecule has 0 unspecified atom stereocenters. The molecule has 0 radical (unpaired) electrons. The third kappa shape index (κ3) is 3.17. The number of esters is 2. The molecule has 1 saturated heterocycles. The number of anilines is 2. The van der Waals surface area contributed by atoms with Gasteiger partial charge in [-0.2, -0.15) is 4.98 Å². The van der Waals surface area contributed by atoms with E-state index in [1.54, 1.807) is 0 Å². The number of aromatic nitrogens is 2. The number of carbonyl (C=O) groups is 2. The highest BCUT2D eigenvalue weighted by atomic mass is 16.6. The second-order valence-electron chi connectivity index (χ2n) is 5.98. The molecule has 11 heteroatoms. The fraction of sp³-hybridized carbons (Fsp3) is 0.600. The number of carbonyl (C=O) groups excluding carboxylic acids is 2. The highest BCUT2D eigenvalue weighted by Gasteiger charge is 2.47. The lowest BCUT2D eigenvalue weighted by molar-refractivity contribution is -0.187. The van der Waals surface area contributed by atoms with Gasteiger partial charge in [-0.15, -0.1) is 0 Å². The Bertz CT molecular complexity index is 793. The maximum absolute atomic E-state index is 12.6. The molecule has 0 aromatic carbocycles. The molecule has 3 rings (SSSR count). The van der Waals surface area contributed by atoms with Crippen LogP contribution in [-0.4, -0.2) is 59.7 Å². The van der Waals surface area contributed by atoms with Crippen LogP contribution in [0.4, 0.5) is 11.5 Å². The van der Waals surface area contributed by atoms with Crippen molar-refractivity contribution in [3.63, 3.8) is 0 Å². The van der Waals surface area contributed by atoms with E-state index in [0.29, 0.717) is 0 Å². The van der Waals surface area contributed by atoms with Gasteiger partial charge in [0, 0.05) is 20.9 Å². The van der Waals surface area contributed by atoms with Crippen LogP contribution in [-0.2, 0) is 30.8 Å². The fourth-order valence-electron chi connectivity index (χ4n) is 3.05. The highest BCUT2D eigenvalue weighted by Crippen LogP contribution is 2.32. The van der Waals surface area contributed by atoms with E-state index in [1.165, 1.54) is 32.6 Å². The minimum absolute atomic E-state index is 0.0185. The van der Waals surface area contributed by atoms with Gasteiger partial charge in [0.05, 0.1) is 13.7 Å². The monoisotopic (exact) mass is 368 g/mol. The fourth-order valence-corrected chi connectivity index (χ4v) is 3.05. The van der Waals surface area contributed by atoms with Crippen LogP contribution >= 0.6 is 0 Å². The number of fused-ring (bicyclic) bond motifs is 2. The van der Waals surface area contributed by atoms with Gasteiger partial charge in [-0.25, -0.2) is 0 Å². The number of nitrogens with one attached hydrogen (secondary N) is 2. The molecule has 1 aromatic heterocycles. The summed E-state index contributed by atoms with van der Waals surface area (Å²) in [5.41, 5.74) is -0.201. The SMILES string of the molecule is COc1nc2c(c(=O)n1C)N[C@H]1[C@H](OC(C)=O)[C@@H](OC(C)=O)CO[C@H]1N2. The lowest BCUT2D eigenvalue weighted by Crippen LogP contribution is -2.63. The summed E-state index contributed by atoms with van der Waals surface area (Å²) in [6.45, 7) is 2.53. The van der Waals surface area contributed by atoms with E-state index < -0.39 is 36.4 Å². The summed E-state index contributed by atoms with van der Waals surface area (Å²) in [5, 5.41) is 6.01. The average molecular weight is 368 g/mol. The molecule has 0 aliphatic carbocycles. The molecule has 26 heavy (non-hydrogen) atoms. The maximum atomic E-state index is 12.6. The molecular weight excluding hydrogens is 348 g/mol.